The van der Waals surface area contributed by atoms with Crippen molar-refractivity contribution >= 4 is 11.9 Å². The smallest absolute Gasteiger partial charge is 0.344 e. The minimum Gasteiger partial charge on any atom is -0.478 e. The van der Waals surface area contributed by atoms with Crippen LogP contribution in [0.4, 0.5) is 0 Å². The van der Waals surface area contributed by atoms with Gasteiger partial charge in [-0.3, -0.25) is 0 Å². The highest BCUT2D eigenvalue weighted by Crippen LogP contribution is 2.45. The standard InChI is InChI=1S/C21H23NO4/c1-20(2)9-10-21(3,4)16-11-13(5-7-15(16)20)19(25)26-17-8-6-14(12-22-17)18(23)24/h5-8,11-12H,9-10H2,1-4H3,(H,23,24). The molecule has 0 aliphatic heterocycles. The van der Waals surface area contributed by atoms with E-state index < -0.39 is 11.9 Å². The first-order chi connectivity index (χ1) is 12.1. The number of hydrogen-bond acceptors (Lipinski definition) is 4. The van der Waals surface area contributed by atoms with Crippen molar-refractivity contribution in [2.24, 2.45) is 0 Å². The predicted octanol–water partition coefficient (Wildman–Crippen LogP) is 4.35. The molecule has 2 aromatic rings. The van der Waals surface area contributed by atoms with E-state index in [2.05, 4.69) is 32.7 Å². The molecule has 0 atom stereocenters. The van der Waals surface area contributed by atoms with Crippen molar-refractivity contribution in [3.8, 4) is 5.88 Å². The molecular formula is C21H23NO4. The van der Waals surface area contributed by atoms with Crippen LogP contribution < -0.4 is 4.74 Å². The first kappa shape index (κ1) is 18.1. The van der Waals surface area contributed by atoms with E-state index in [0.29, 0.717) is 5.56 Å². The number of carboxylic acids is 1. The van der Waals surface area contributed by atoms with Crippen LogP contribution in [0.3, 0.4) is 0 Å². The molecule has 0 bridgehead atoms. The van der Waals surface area contributed by atoms with Gasteiger partial charge in [-0.15, -0.1) is 0 Å². The Bertz CT molecular complexity index is 866. The Balaban J connectivity index is 1.88. The summed E-state index contributed by atoms with van der Waals surface area (Å²) in [5.41, 5.74) is 3.05. The molecule has 3 rings (SSSR count). The van der Waals surface area contributed by atoms with Crippen LogP contribution in [0.15, 0.2) is 36.5 Å². The van der Waals surface area contributed by atoms with Gasteiger partial charge < -0.3 is 9.84 Å². The molecule has 136 valence electrons. The Morgan fingerprint density at radius 3 is 2.15 bits per heavy atom. The van der Waals surface area contributed by atoms with E-state index in [-0.39, 0.29) is 22.3 Å². The molecule has 0 radical (unpaired) electrons. The predicted molar refractivity (Wildman–Crippen MR) is 97.9 cm³/mol. The summed E-state index contributed by atoms with van der Waals surface area (Å²) >= 11 is 0. The quantitative estimate of drug-likeness (QED) is 0.830. The molecule has 0 amide bonds. The molecule has 1 N–H and O–H groups in total. The highest BCUT2D eigenvalue weighted by atomic mass is 16.5. The number of pyridine rings is 1. The molecule has 5 nitrogen and oxygen atoms in total. The molecule has 1 aliphatic carbocycles. The lowest BCUT2D eigenvalue weighted by Crippen LogP contribution is -2.34. The second kappa shape index (κ2) is 6.24. The Hall–Kier alpha value is -2.69. The van der Waals surface area contributed by atoms with Gasteiger partial charge in [0, 0.05) is 12.3 Å². The summed E-state index contributed by atoms with van der Waals surface area (Å²) in [7, 11) is 0. The number of nitrogens with zero attached hydrogens (tertiary/aromatic N) is 1. The summed E-state index contributed by atoms with van der Waals surface area (Å²) < 4.78 is 5.30. The normalized spacial score (nSPS) is 17.2. The summed E-state index contributed by atoms with van der Waals surface area (Å²) in [5.74, 6) is -1.49. The first-order valence-electron chi connectivity index (χ1n) is 8.67. The van der Waals surface area contributed by atoms with Crippen molar-refractivity contribution in [3.05, 3.63) is 58.8 Å². The number of esters is 1. The summed E-state index contributed by atoms with van der Waals surface area (Å²) in [6.45, 7) is 8.85. The largest absolute Gasteiger partial charge is 0.478 e. The van der Waals surface area contributed by atoms with Gasteiger partial charge in [0.15, 0.2) is 0 Å². The highest BCUT2D eigenvalue weighted by molar-refractivity contribution is 5.91. The molecule has 0 fully saturated rings. The van der Waals surface area contributed by atoms with Crippen LogP contribution in [-0.4, -0.2) is 22.0 Å². The third-order valence-corrected chi connectivity index (χ3v) is 5.27. The van der Waals surface area contributed by atoms with E-state index in [1.165, 1.54) is 29.5 Å². The number of aromatic nitrogens is 1. The average Bonchev–Trinajstić information content (AvgIpc) is 2.59. The molecule has 1 aromatic carbocycles. The van der Waals surface area contributed by atoms with Crippen LogP contribution in [0.2, 0.25) is 0 Å². The Morgan fingerprint density at radius 1 is 0.962 bits per heavy atom. The third kappa shape index (κ3) is 3.34. The van der Waals surface area contributed by atoms with Crippen LogP contribution in [0.25, 0.3) is 0 Å². The van der Waals surface area contributed by atoms with Gasteiger partial charge >= 0.3 is 11.9 Å². The van der Waals surface area contributed by atoms with E-state index in [4.69, 9.17) is 9.84 Å². The fourth-order valence-electron chi connectivity index (χ4n) is 3.44. The highest BCUT2D eigenvalue weighted by Gasteiger charge is 2.37. The molecule has 1 heterocycles. The molecule has 26 heavy (non-hydrogen) atoms. The van der Waals surface area contributed by atoms with E-state index in [1.807, 2.05) is 12.1 Å². The minimum absolute atomic E-state index is 0.00251. The summed E-state index contributed by atoms with van der Waals surface area (Å²) in [6, 6.07) is 8.47. The molecule has 0 spiro atoms. The molecule has 0 unspecified atom stereocenters. The maximum Gasteiger partial charge on any atom is 0.344 e. The summed E-state index contributed by atoms with van der Waals surface area (Å²) in [4.78, 5) is 27.3. The summed E-state index contributed by atoms with van der Waals surface area (Å²) in [5, 5.41) is 8.89. The van der Waals surface area contributed by atoms with Gasteiger partial charge in [0.1, 0.15) is 0 Å². The Morgan fingerprint density at radius 2 is 1.58 bits per heavy atom. The van der Waals surface area contributed by atoms with Gasteiger partial charge in [0.05, 0.1) is 11.1 Å². The van der Waals surface area contributed by atoms with Crippen molar-refractivity contribution in [1.82, 2.24) is 4.98 Å². The molecule has 0 saturated carbocycles. The lowest BCUT2D eigenvalue weighted by atomic mass is 9.63. The van der Waals surface area contributed by atoms with Gasteiger partial charge in [-0.25, -0.2) is 14.6 Å². The Kier molecular flexibility index (Phi) is 4.34. The van der Waals surface area contributed by atoms with Crippen molar-refractivity contribution < 1.29 is 19.4 Å². The van der Waals surface area contributed by atoms with Crippen molar-refractivity contribution in [1.29, 1.82) is 0 Å². The van der Waals surface area contributed by atoms with Gasteiger partial charge in [-0.1, -0.05) is 33.8 Å². The van der Waals surface area contributed by atoms with Gasteiger partial charge in [-0.05, 0) is 53.0 Å². The van der Waals surface area contributed by atoms with E-state index in [0.717, 1.165) is 12.8 Å². The zero-order valence-electron chi connectivity index (χ0n) is 15.5. The zero-order chi connectivity index (χ0) is 19.1. The number of hydrogen-bond donors (Lipinski definition) is 1. The van der Waals surface area contributed by atoms with Crippen LogP contribution in [0.5, 0.6) is 5.88 Å². The SMILES string of the molecule is CC1(C)CCC(C)(C)c2cc(C(=O)Oc3ccc(C(=O)O)cn3)ccc21. The number of benzene rings is 1. The average molecular weight is 353 g/mol. The van der Waals surface area contributed by atoms with Crippen LogP contribution in [-0.2, 0) is 10.8 Å². The number of ether oxygens (including phenoxy) is 1. The number of rotatable bonds is 3. The second-order valence-electron chi connectivity index (χ2n) is 8.11. The maximum absolute atomic E-state index is 12.5. The zero-order valence-corrected chi connectivity index (χ0v) is 15.5. The van der Waals surface area contributed by atoms with E-state index in [9.17, 15) is 9.59 Å². The number of aromatic carboxylic acids is 1. The second-order valence-corrected chi connectivity index (χ2v) is 8.11. The monoisotopic (exact) mass is 353 g/mol. The van der Waals surface area contributed by atoms with E-state index in [1.54, 1.807) is 6.07 Å². The number of carbonyl (C=O) groups is 2. The van der Waals surface area contributed by atoms with Crippen molar-refractivity contribution in [3.63, 3.8) is 0 Å². The number of fused-ring (bicyclic) bond motifs is 1. The van der Waals surface area contributed by atoms with Crippen molar-refractivity contribution in [2.75, 3.05) is 0 Å². The molecule has 5 heteroatoms. The van der Waals surface area contributed by atoms with E-state index >= 15 is 0 Å². The van der Waals surface area contributed by atoms with Crippen molar-refractivity contribution in [2.45, 2.75) is 51.4 Å². The maximum atomic E-state index is 12.5. The van der Waals surface area contributed by atoms with Crippen LogP contribution >= 0.6 is 0 Å². The van der Waals surface area contributed by atoms with Gasteiger partial charge in [-0.2, -0.15) is 0 Å². The van der Waals surface area contributed by atoms with Crippen LogP contribution in [0, 0.1) is 0 Å². The fourth-order valence-corrected chi connectivity index (χ4v) is 3.44. The third-order valence-electron chi connectivity index (χ3n) is 5.27. The first-order valence-corrected chi connectivity index (χ1v) is 8.67. The number of carboxylic acid groups (broad SMARTS) is 1. The molecule has 1 aliphatic rings. The minimum atomic E-state index is -1.07. The van der Waals surface area contributed by atoms with Gasteiger partial charge in [0.2, 0.25) is 5.88 Å². The molecule has 1 aromatic heterocycles. The lowest BCUT2D eigenvalue weighted by molar-refractivity contribution is 0.0696. The lowest BCUT2D eigenvalue weighted by Gasteiger charge is -2.41. The fraction of sp³-hybridized carbons (Fsp3) is 0.381. The topological polar surface area (TPSA) is 76.5 Å². The van der Waals surface area contributed by atoms with Gasteiger partial charge in [0.25, 0.3) is 0 Å². The molecule has 0 saturated heterocycles. The Labute approximate surface area is 153 Å². The molecular weight excluding hydrogens is 330 g/mol. The van der Waals surface area contributed by atoms with Crippen LogP contribution in [0.1, 0.15) is 72.4 Å². The number of carbonyl (C=O) groups excluding carboxylic acids is 1. The summed E-state index contributed by atoms with van der Waals surface area (Å²) in [6.07, 6.45) is 3.34.